The number of hydrogen-bond donors (Lipinski definition) is 2. The van der Waals surface area contributed by atoms with Crippen LogP contribution in [0.1, 0.15) is 24.8 Å². The lowest BCUT2D eigenvalue weighted by molar-refractivity contribution is -0.137. The Labute approximate surface area is 255 Å². The third kappa shape index (κ3) is 7.36. The van der Waals surface area contributed by atoms with E-state index in [1.165, 1.54) is 6.07 Å². The third-order valence-corrected chi connectivity index (χ3v) is 7.81. The van der Waals surface area contributed by atoms with Gasteiger partial charge in [-0.3, -0.25) is 4.79 Å². The number of amides is 1. The van der Waals surface area contributed by atoms with Crippen LogP contribution in [0.2, 0.25) is 0 Å². The van der Waals surface area contributed by atoms with Crippen LogP contribution in [0, 0.1) is 0 Å². The number of alkyl halides is 3. The molecule has 3 heterocycles. The van der Waals surface area contributed by atoms with Gasteiger partial charge in [-0.25, -0.2) is 0 Å². The Morgan fingerprint density at radius 1 is 0.932 bits per heavy atom. The first kappa shape index (κ1) is 31.0. The highest BCUT2D eigenvalue weighted by Gasteiger charge is 2.34. The topological polar surface area (TPSA) is 82.2 Å². The average Bonchev–Trinajstić information content (AvgIpc) is 3.01. The first-order valence-electron chi connectivity index (χ1n) is 14.6. The number of rotatable bonds is 9. The van der Waals surface area contributed by atoms with Gasteiger partial charge in [-0.05, 0) is 68.8 Å². The highest BCUT2D eigenvalue weighted by molar-refractivity contribution is 5.99. The van der Waals surface area contributed by atoms with E-state index in [-0.39, 0.29) is 11.6 Å². The number of carbonyl (C=O) groups is 1. The molecular formula is C32H37F3N6O3. The molecule has 3 aromatic rings. The van der Waals surface area contributed by atoms with Crippen LogP contribution < -0.4 is 29.9 Å². The summed E-state index contributed by atoms with van der Waals surface area (Å²) >= 11 is 0. The van der Waals surface area contributed by atoms with Crippen LogP contribution in [0.4, 0.5) is 41.7 Å². The van der Waals surface area contributed by atoms with Crippen molar-refractivity contribution in [3.63, 3.8) is 0 Å². The van der Waals surface area contributed by atoms with Gasteiger partial charge in [0, 0.05) is 57.1 Å². The molecule has 0 atom stereocenters. The fourth-order valence-corrected chi connectivity index (χ4v) is 5.37. The number of methoxy groups -OCH3 is 1. The van der Waals surface area contributed by atoms with Gasteiger partial charge in [-0.1, -0.05) is 6.58 Å². The number of piperazine rings is 1. The maximum atomic E-state index is 13.7. The number of nitrogens with zero attached hydrogens (tertiary/aromatic N) is 4. The average molecular weight is 611 g/mol. The molecule has 0 saturated carbocycles. The molecule has 2 aromatic carbocycles. The molecule has 234 valence electrons. The first-order chi connectivity index (χ1) is 21.1. The second-order valence-corrected chi connectivity index (χ2v) is 10.9. The van der Waals surface area contributed by atoms with Crippen LogP contribution in [0.3, 0.4) is 0 Å². The molecule has 9 nitrogen and oxygen atoms in total. The van der Waals surface area contributed by atoms with Crippen molar-refractivity contribution in [2.75, 3.05) is 73.9 Å². The van der Waals surface area contributed by atoms with E-state index >= 15 is 0 Å². The summed E-state index contributed by atoms with van der Waals surface area (Å²) in [7, 11) is 3.73. The summed E-state index contributed by atoms with van der Waals surface area (Å²) in [5.41, 5.74) is 1.08. The minimum absolute atomic E-state index is 0.0920. The third-order valence-electron chi connectivity index (χ3n) is 7.81. The Morgan fingerprint density at radius 2 is 1.68 bits per heavy atom. The first-order valence-corrected chi connectivity index (χ1v) is 14.6. The van der Waals surface area contributed by atoms with Crippen molar-refractivity contribution >= 4 is 34.5 Å². The Bertz CT molecular complexity index is 1480. The molecule has 44 heavy (non-hydrogen) atoms. The Balaban J connectivity index is 1.45. The molecule has 2 fully saturated rings. The number of hydrogen-bond acceptors (Lipinski definition) is 8. The fraction of sp³-hybridized carbons (Fsp3) is 0.375. The summed E-state index contributed by atoms with van der Waals surface area (Å²) in [6, 6.07) is 12.9. The number of benzene rings is 2. The zero-order valence-corrected chi connectivity index (χ0v) is 24.9. The van der Waals surface area contributed by atoms with Crippen molar-refractivity contribution in [1.29, 1.82) is 0 Å². The van der Waals surface area contributed by atoms with Crippen LogP contribution in [-0.4, -0.2) is 69.2 Å². The van der Waals surface area contributed by atoms with Crippen LogP contribution >= 0.6 is 0 Å². The normalized spacial score (nSPS) is 15.9. The van der Waals surface area contributed by atoms with E-state index in [1.54, 1.807) is 7.11 Å². The predicted molar refractivity (Wildman–Crippen MR) is 167 cm³/mol. The van der Waals surface area contributed by atoms with Gasteiger partial charge >= 0.3 is 6.18 Å². The van der Waals surface area contributed by atoms with Crippen molar-refractivity contribution in [3.8, 4) is 17.4 Å². The van der Waals surface area contributed by atoms with Gasteiger partial charge in [0.2, 0.25) is 11.8 Å². The maximum Gasteiger partial charge on any atom is 0.418 e. The van der Waals surface area contributed by atoms with Gasteiger partial charge in [0.15, 0.2) is 0 Å². The van der Waals surface area contributed by atoms with Crippen LogP contribution in [0.5, 0.6) is 17.4 Å². The van der Waals surface area contributed by atoms with E-state index in [0.717, 1.165) is 88.1 Å². The zero-order valence-electron chi connectivity index (χ0n) is 24.9. The minimum atomic E-state index is -4.68. The number of ether oxygens (including phenoxy) is 2. The monoisotopic (exact) mass is 610 g/mol. The minimum Gasteiger partial charge on any atom is -0.494 e. The molecule has 0 aliphatic carbocycles. The van der Waals surface area contributed by atoms with Crippen molar-refractivity contribution in [1.82, 2.24) is 9.88 Å². The molecule has 0 unspecified atom stereocenters. The smallest absolute Gasteiger partial charge is 0.418 e. The summed E-state index contributed by atoms with van der Waals surface area (Å²) in [6.45, 7) is 8.76. The van der Waals surface area contributed by atoms with E-state index in [2.05, 4.69) is 39.0 Å². The van der Waals surface area contributed by atoms with E-state index in [0.29, 0.717) is 17.3 Å². The van der Waals surface area contributed by atoms with E-state index < -0.39 is 23.3 Å². The van der Waals surface area contributed by atoms with Gasteiger partial charge in [0.05, 0.1) is 24.0 Å². The summed E-state index contributed by atoms with van der Waals surface area (Å²) < 4.78 is 52.9. The van der Waals surface area contributed by atoms with E-state index in [4.69, 9.17) is 14.5 Å². The number of pyridine rings is 1. The molecule has 2 aliphatic heterocycles. The molecule has 12 heteroatoms. The van der Waals surface area contributed by atoms with Gasteiger partial charge in [-0.15, -0.1) is 0 Å². The maximum absolute atomic E-state index is 13.7. The Kier molecular flexibility index (Phi) is 9.48. The van der Waals surface area contributed by atoms with Gasteiger partial charge in [-0.2, -0.15) is 18.2 Å². The van der Waals surface area contributed by atoms with Crippen LogP contribution in [0.15, 0.2) is 61.2 Å². The SMILES string of the molecule is C=CC(=O)Nc1cc(Oc2nc(Nc3ccc(N4CCN(C)CC4)cc3OC)ccc2N2CCCCC2)ccc1C(F)(F)F. The number of nitrogens with one attached hydrogen (secondary N) is 2. The Morgan fingerprint density at radius 3 is 2.36 bits per heavy atom. The molecule has 5 rings (SSSR count). The lowest BCUT2D eigenvalue weighted by atomic mass is 10.1. The Hall–Kier alpha value is -4.45. The number of piperidine rings is 1. The predicted octanol–water partition coefficient (Wildman–Crippen LogP) is 6.51. The summed E-state index contributed by atoms with van der Waals surface area (Å²) in [5, 5.41) is 5.55. The summed E-state index contributed by atoms with van der Waals surface area (Å²) in [6.07, 6.45) is -0.634. The van der Waals surface area contributed by atoms with Crippen LogP contribution in [0.25, 0.3) is 0 Å². The molecule has 2 aliphatic rings. The highest BCUT2D eigenvalue weighted by Crippen LogP contribution is 2.40. The van der Waals surface area contributed by atoms with Crippen molar-refractivity contribution in [2.24, 2.45) is 0 Å². The van der Waals surface area contributed by atoms with Crippen molar-refractivity contribution in [3.05, 3.63) is 66.7 Å². The lowest BCUT2D eigenvalue weighted by Gasteiger charge is -2.34. The number of aromatic nitrogens is 1. The number of halogens is 3. The highest BCUT2D eigenvalue weighted by atomic mass is 19.4. The van der Waals surface area contributed by atoms with Crippen LogP contribution in [-0.2, 0) is 11.0 Å². The van der Waals surface area contributed by atoms with Crippen molar-refractivity contribution in [2.45, 2.75) is 25.4 Å². The largest absolute Gasteiger partial charge is 0.494 e. The molecule has 2 saturated heterocycles. The summed E-state index contributed by atoms with van der Waals surface area (Å²) in [5.74, 6) is 0.674. The van der Waals surface area contributed by atoms with Gasteiger partial charge in [0.25, 0.3) is 0 Å². The molecule has 2 N–H and O–H groups in total. The van der Waals surface area contributed by atoms with E-state index in [1.807, 2.05) is 30.3 Å². The molecule has 0 bridgehead atoms. The number of anilines is 5. The second kappa shape index (κ2) is 13.5. The van der Waals surface area contributed by atoms with E-state index in [9.17, 15) is 18.0 Å². The molecule has 0 spiro atoms. The molecule has 1 aromatic heterocycles. The summed E-state index contributed by atoms with van der Waals surface area (Å²) in [4.78, 5) is 23.4. The zero-order chi connectivity index (χ0) is 31.3. The molecule has 0 radical (unpaired) electrons. The quantitative estimate of drug-likeness (QED) is 0.266. The molecular weight excluding hydrogens is 573 g/mol. The fourth-order valence-electron chi connectivity index (χ4n) is 5.37. The van der Waals surface area contributed by atoms with Gasteiger partial charge < -0.3 is 34.8 Å². The van der Waals surface area contributed by atoms with Gasteiger partial charge in [0.1, 0.15) is 23.0 Å². The lowest BCUT2D eigenvalue weighted by Crippen LogP contribution is -2.44. The van der Waals surface area contributed by atoms with Crippen molar-refractivity contribution < 1.29 is 27.4 Å². The standard InChI is InChI=1S/C32H37F3N6O3/c1-4-30(42)37-26-21-23(9-10-24(26)32(33,34)35)44-31-27(41-14-6-5-7-15-41)12-13-29(38-31)36-25-11-8-22(20-28(25)43-3)40-18-16-39(2)17-19-40/h4,8-13,20-21H,1,5-7,14-19H2,2-3H3,(H,36,38)(H,37,42). The second-order valence-electron chi connectivity index (χ2n) is 10.9. The molecule has 1 amide bonds. The number of likely N-dealkylation sites (N-methyl/N-ethyl adjacent to an activating group) is 1. The number of carbonyl (C=O) groups excluding carboxylic acids is 1.